The molecule has 2 aliphatic heterocycles. The van der Waals surface area contributed by atoms with Gasteiger partial charge in [0, 0.05) is 0 Å². The minimum Gasteiger partial charge on any atom is -0.410 e. The summed E-state index contributed by atoms with van der Waals surface area (Å²) in [5.41, 5.74) is -0.805. The minimum absolute atomic E-state index is 0.0758. The van der Waals surface area contributed by atoms with Crippen molar-refractivity contribution in [3.63, 3.8) is 0 Å². The Morgan fingerprint density at radius 1 is 1.35 bits per heavy atom. The molecule has 0 saturated carbocycles. The Morgan fingerprint density at radius 3 is 2.30 bits per heavy atom. The number of ether oxygens (including phenoxy) is 1. The van der Waals surface area contributed by atoms with Crippen LogP contribution in [0, 0.1) is 0 Å². The van der Waals surface area contributed by atoms with Gasteiger partial charge in [-0.2, -0.15) is 0 Å². The van der Waals surface area contributed by atoms with Crippen LogP contribution in [0.25, 0.3) is 0 Å². The summed E-state index contributed by atoms with van der Waals surface area (Å²) in [6, 6.07) is -0.355. The van der Waals surface area contributed by atoms with Crippen molar-refractivity contribution in [3.8, 4) is 0 Å². The van der Waals surface area contributed by atoms with Crippen molar-refractivity contribution in [1.82, 2.24) is 4.90 Å². The molecule has 0 aromatic carbocycles. The van der Waals surface area contributed by atoms with Crippen LogP contribution in [0.2, 0.25) is 18.1 Å². The van der Waals surface area contributed by atoms with Gasteiger partial charge in [-0.3, -0.25) is 4.79 Å². The van der Waals surface area contributed by atoms with Crippen LogP contribution in [0.15, 0.2) is 0 Å². The third kappa shape index (κ3) is 3.25. The zero-order valence-corrected chi connectivity index (χ0v) is 17.9. The number of fused-ring (bicyclic) bond motifs is 1. The normalized spacial score (nSPS) is 31.6. The molecule has 6 nitrogen and oxygen atoms in total. The number of rotatable bonds is 3. The molecule has 0 bridgehead atoms. The first-order valence-electron chi connectivity index (χ1n) is 7.76. The first-order valence-corrected chi connectivity index (χ1v) is 13.7. The highest BCUT2D eigenvalue weighted by Gasteiger charge is 2.62. The van der Waals surface area contributed by atoms with E-state index in [0.717, 1.165) is 0 Å². The quantitative estimate of drug-likeness (QED) is 0.552. The summed E-state index contributed by atoms with van der Waals surface area (Å²) in [5, 5.41) is -1.25. The van der Waals surface area contributed by atoms with Crippen LogP contribution in [0.5, 0.6) is 0 Å². The van der Waals surface area contributed by atoms with Gasteiger partial charge in [0.1, 0.15) is 5.72 Å². The molecule has 0 N–H and O–H groups in total. The van der Waals surface area contributed by atoms with Gasteiger partial charge in [0.2, 0.25) is 5.91 Å². The molecule has 1 amide bonds. The van der Waals surface area contributed by atoms with Crippen molar-refractivity contribution >= 4 is 32.1 Å². The SMILES string of the molecule is CC1(C)OC[C@H]2[C@@H](O[Si](C)(C)C(C)(C)C)C(S(=O)(=O)P)C(=O)N21. The summed E-state index contributed by atoms with van der Waals surface area (Å²) in [6.07, 6.45) is -0.687. The Balaban J connectivity index is 2.45. The first-order chi connectivity index (χ1) is 10.1. The number of carbonyl (C=O) groups excluding carboxylic acids is 1. The van der Waals surface area contributed by atoms with Crippen molar-refractivity contribution in [2.24, 2.45) is 0 Å². The smallest absolute Gasteiger partial charge is 0.246 e. The van der Waals surface area contributed by atoms with E-state index in [9.17, 15) is 13.2 Å². The topological polar surface area (TPSA) is 72.9 Å². The van der Waals surface area contributed by atoms with Crippen LogP contribution in [0.1, 0.15) is 34.6 Å². The van der Waals surface area contributed by atoms with Crippen molar-refractivity contribution in [3.05, 3.63) is 0 Å². The molecule has 23 heavy (non-hydrogen) atoms. The number of hydrogen-bond donors (Lipinski definition) is 0. The molecular weight excluding hydrogens is 353 g/mol. The van der Waals surface area contributed by atoms with Crippen LogP contribution in [0.3, 0.4) is 0 Å². The van der Waals surface area contributed by atoms with E-state index >= 15 is 0 Å². The molecule has 2 aliphatic rings. The molecule has 0 radical (unpaired) electrons. The predicted molar refractivity (Wildman–Crippen MR) is 95.2 cm³/mol. The van der Waals surface area contributed by atoms with Gasteiger partial charge in [0.15, 0.2) is 23.0 Å². The van der Waals surface area contributed by atoms with Gasteiger partial charge in [-0.1, -0.05) is 20.8 Å². The Hall–Kier alpha value is -0.0131. The van der Waals surface area contributed by atoms with Crippen LogP contribution >= 0.6 is 8.44 Å². The van der Waals surface area contributed by atoms with Crippen LogP contribution in [-0.4, -0.2) is 57.3 Å². The van der Waals surface area contributed by atoms with E-state index in [0.29, 0.717) is 6.61 Å². The highest BCUT2D eigenvalue weighted by molar-refractivity contribution is 8.38. The van der Waals surface area contributed by atoms with Crippen LogP contribution in [-0.2, 0) is 23.4 Å². The lowest BCUT2D eigenvalue weighted by atomic mass is 10.2. The lowest BCUT2D eigenvalue weighted by molar-refractivity contribution is -0.141. The van der Waals surface area contributed by atoms with Gasteiger partial charge in [-0.15, -0.1) is 0 Å². The fourth-order valence-electron chi connectivity index (χ4n) is 2.97. The molecule has 2 fully saturated rings. The van der Waals surface area contributed by atoms with E-state index in [1.165, 1.54) is 0 Å². The van der Waals surface area contributed by atoms with Crippen molar-refractivity contribution in [1.29, 1.82) is 0 Å². The average Bonchev–Trinajstić information content (AvgIpc) is 2.74. The number of nitrogens with zero attached hydrogens (tertiary/aromatic N) is 1. The lowest BCUT2D eigenvalue weighted by Gasteiger charge is -2.40. The van der Waals surface area contributed by atoms with E-state index < -0.39 is 40.8 Å². The molecule has 2 saturated heterocycles. The van der Waals surface area contributed by atoms with Gasteiger partial charge in [0.05, 0.1) is 18.8 Å². The zero-order valence-electron chi connectivity index (χ0n) is 14.9. The van der Waals surface area contributed by atoms with E-state index in [1.807, 2.05) is 8.44 Å². The predicted octanol–water partition coefficient (Wildman–Crippen LogP) is 1.93. The Bertz CT molecular complexity index is 613. The molecule has 0 spiro atoms. The second-order valence-electron chi connectivity index (χ2n) is 8.39. The van der Waals surface area contributed by atoms with Crippen molar-refractivity contribution in [2.45, 2.75) is 75.9 Å². The third-order valence-electron chi connectivity index (χ3n) is 5.27. The molecule has 2 heterocycles. The second kappa shape index (κ2) is 5.49. The van der Waals surface area contributed by atoms with Crippen LogP contribution < -0.4 is 0 Å². The first kappa shape index (κ1) is 19.3. The second-order valence-corrected chi connectivity index (χ2v) is 16.8. The Kier molecular flexibility index (Phi) is 4.61. The number of hydrogen-bond acceptors (Lipinski definition) is 5. The van der Waals surface area contributed by atoms with Crippen LogP contribution in [0.4, 0.5) is 0 Å². The highest BCUT2D eigenvalue weighted by Crippen LogP contribution is 2.44. The zero-order chi connectivity index (χ0) is 18.0. The highest BCUT2D eigenvalue weighted by atomic mass is 32.7. The molecule has 2 unspecified atom stereocenters. The summed E-state index contributed by atoms with van der Waals surface area (Å²) < 4.78 is 36.6. The molecule has 0 aromatic heterocycles. The molecule has 4 atom stereocenters. The monoisotopic (exact) mass is 381 g/mol. The van der Waals surface area contributed by atoms with E-state index in [4.69, 9.17) is 9.16 Å². The number of carbonyl (C=O) groups is 1. The molecule has 0 aliphatic carbocycles. The van der Waals surface area contributed by atoms with Gasteiger partial charge < -0.3 is 14.1 Å². The minimum atomic E-state index is -3.64. The summed E-state index contributed by atoms with van der Waals surface area (Å²) >= 11 is 0. The standard InChI is InChI=1S/C14H28NO5PSSi/c1-13(2,3)23(6,7)20-10-9-8-19-14(4,5)15(9)12(16)11(10)22(17,18)21/h9-11H,8,21H2,1-7H3/t9-,10+,11?/m0/s1. The maximum atomic E-state index is 12.8. The number of amides is 1. The van der Waals surface area contributed by atoms with Gasteiger partial charge in [-0.25, -0.2) is 8.42 Å². The third-order valence-corrected chi connectivity index (χ3v) is 11.8. The van der Waals surface area contributed by atoms with E-state index in [-0.39, 0.29) is 11.1 Å². The Labute approximate surface area is 142 Å². The summed E-state index contributed by atoms with van der Waals surface area (Å²) in [5.74, 6) is -0.420. The lowest BCUT2D eigenvalue weighted by Crippen LogP contribution is -2.50. The maximum Gasteiger partial charge on any atom is 0.246 e. The molecule has 9 heteroatoms. The van der Waals surface area contributed by atoms with Gasteiger partial charge in [0.25, 0.3) is 0 Å². The summed E-state index contributed by atoms with van der Waals surface area (Å²) in [4.78, 5) is 14.3. The molecular formula is C14H28NO5PSSi. The largest absolute Gasteiger partial charge is 0.410 e. The van der Waals surface area contributed by atoms with Crippen molar-refractivity contribution in [2.75, 3.05) is 6.61 Å². The maximum absolute atomic E-state index is 12.8. The summed E-state index contributed by atoms with van der Waals surface area (Å²) in [6.45, 7) is 14.3. The van der Waals surface area contributed by atoms with E-state index in [1.54, 1.807) is 18.7 Å². The fraction of sp³-hybridized carbons (Fsp3) is 0.929. The average molecular weight is 382 g/mol. The van der Waals surface area contributed by atoms with Gasteiger partial charge >= 0.3 is 0 Å². The van der Waals surface area contributed by atoms with Crippen molar-refractivity contribution < 1.29 is 22.4 Å². The molecule has 0 aromatic rings. The van der Waals surface area contributed by atoms with Gasteiger partial charge in [-0.05, 0) is 40.4 Å². The Morgan fingerprint density at radius 2 is 1.87 bits per heavy atom. The molecule has 2 rings (SSSR count). The molecule has 134 valence electrons. The van der Waals surface area contributed by atoms with E-state index in [2.05, 4.69) is 33.9 Å². The fourth-order valence-corrected chi connectivity index (χ4v) is 6.21. The summed E-state index contributed by atoms with van der Waals surface area (Å²) in [7, 11) is -4.05.